The molecular formula is C19H24N2O2S. The zero-order valence-electron chi connectivity index (χ0n) is 14.6. The Kier molecular flexibility index (Phi) is 6.44. The van der Waals surface area contributed by atoms with Crippen molar-refractivity contribution in [2.75, 3.05) is 33.1 Å². The van der Waals surface area contributed by atoms with Crippen LogP contribution in [0.2, 0.25) is 0 Å². The van der Waals surface area contributed by atoms with E-state index in [-0.39, 0.29) is 0 Å². The van der Waals surface area contributed by atoms with Crippen molar-refractivity contribution in [1.82, 2.24) is 4.90 Å². The second-order valence-corrected chi connectivity index (χ2v) is 5.99. The largest absolute Gasteiger partial charge is 0.493 e. The Morgan fingerprint density at radius 1 is 1.08 bits per heavy atom. The summed E-state index contributed by atoms with van der Waals surface area (Å²) in [5.41, 5.74) is 3.40. The molecule has 4 nitrogen and oxygen atoms in total. The second kappa shape index (κ2) is 8.55. The number of likely N-dealkylation sites (N-methyl/N-ethyl adjacent to an activating group) is 1. The number of benzene rings is 2. The average Bonchev–Trinajstić information content (AvgIpc) is 2.61. The third kappa shape index (κ3) is 4.61. The predicted molar refractivity (Wildman–Crippen MR) is 103 cm³/mol. The second-order valence-electron chi connectivity index (χ2n) is 5.61. The summed E-state index contributed by atoms with van der Waals surface area (Å²) in [7, 11) is 5.28. The first kappa shape index (κ1) is 18.1. The van der Waals surface area contributed by atoms with Crippen molar-refractivity contribution < 1.29 is 9.47 Å². The normalized spacial score (nSPS) is 10.2. The molecule has 0 saturated carbocycles. The van der Waals surface area contributed by atoms with Gasteiger partial charge in [0.15, 0.2) is 16.6 Å². The number of anilines is 1. The summed E-state index contributed by atoms with van der Waals surface area (Å²) in [4.78, 5) is 2.04. The number of ether oxygens (including phenoxy) is 2. The van der Waals surface area contributed by atoms with E-state index in [1.807, 2.05) is 48.3 Å². The number of hydrogen-bond donors (Lipinski definition) is 1. The van der Waals surface area contributed by atoms with E-state index in [1.165, 1.54) is 11.1 Å². The van der Waals surface area contributed by atoms with Gasteiger partial charge in [0.2, 0.25) is 0 Å². The Morgan fingerprint density at radius 2 is 1.79 bits per heavy atom. The lowest BCUT2D eigenvalue weighted by molar-refractivity contribution is 0.354. The molecule has 2 aromatic rings. The molecule has 0 aliphatic heterocycles. The number of thiocarbonyl (C=S) groups is 1. The van der Waals surface area contributed by atoms with Crippen LogP contribution in [0.25, 0.3) is 0 Å². The molecule has 0 spiro atoms. The quantitative estimate of drug-likeness (QED) is 0.804. The standard InChI is InChI=1S/C19H24N2O2S/c1-14-7-5-6-8-16(14)20-19(24)21(2)12-11-15-9-10-17(22-3)18(13-15)23-4/h5-10,13H,11-12H2,1-4H3,(H,20,24). The third-order valence-electron chi connectivity index (χ3n) is 3.92. The molecule has 0 atom stereocenters. The minimum atomic E-state index is 0.713. The van der Waals surface area contributed by atoms with Crippen LogP contribution in [0, 0.1) is 6.92 Å². The highest BCUT2D eigenvalue weighted by molar-refractivity contribution is 7.80. The maximum atomic E-state index is 5.49. The van der Waals surface area contributed by atoms with Gasteiger partial charge in [-0.15, -0.1) is 0 Å². The van der Waals surface area contributed by atoms with Gasteiger partial charge in [0.05, 0.1) is 14.2 Å². The highest BCUT2D eigenvalue weighted by atomic mass is 32.1. The summed E-state index contributed by atoms with van der Waals surface area (Å²) in [6.07, 6.45) is 0.868. The summed E-state index contributed by atoms with van der Waals surface area (Å²) in [5, 5.41) is 4.01. The van der Waals surface area contributed by atoms with Gasteiger partial charge in [-0.1, -0.05) is 24.3 Å². The first-order valence-electron chi connectivity index (χ1n) is 7.83. The van der Waals surface area contributed by atoms with E-state index in [2.05, 4.69) is 18.3 Å². The molecule has 0 bridgehead atoms. The Bertz CT molecular complexity index is 704. The highest BCUT2D eigenvalue weighted by Gasteiger charge is 2.08. The minimum Gasteiger partial charge on any atom is -0.493 e. The maximum absolute atomic E-state index is 5.49. The lowest BCUT2D eigenvalue weighted by atomic mass is 10.1. The number of hydrogen-bond acceptors (Lipinski definition) is 3. The Hall–Kier alpha value is -2.27. The zero-order chi connectivity index (χ0) is 17.5. The van der Waals surface area contributed by atoms with E-state index in [1.54, 1.807) is 14.2 Å². The molecule has 5 heteroatoms. The van der Waals surface area contributed by atoms with Gasteiger partial charge in [-0.3, -0.25) is 0 Å². The Labute approximate surface area is 149 Å². The van der Waals surface area contributed by atoms with Gasteiger partial charge in [0.25, 0.3) is 0 Å². The van der Waals surface area contributed by atoms with Crippen LogP contribution >= 0.6 is 12.2 Å². The van der Waals surface area contributed by atoms with E-state index >= 15 is 0 Å². The fraction of sp³-hybridized carbons (Fsp3) is 0.316. The van der Waals surface area contributed by atoms with E-state index in [0.717, 1.165) is 30.2 Å². The molecule has 2 rings (SSSR count). The van der Waals surface area contributed by atoms with Crippen LogP contribution in [0.15, 0.2) is 42.5 Å². The van der Waals surface area contributed by atoms with Gasteiger partial charge >= 0.3 is 0 Å². The number of aryl methyl sites for hydroxylation is 1. The monoisotopic (exact) mass is 344 g/mol. The Balaban J connectivity index is 1.94. The van der Waals surface area contributed by atoms with Gasteiger partial charge in [-0.25, -0.2) is 0 Å². The van der Waals surface area contributed by atoms with Crippen molar-refractivity contribution in [3.05, 3.63) is 53.6 Å². The number of nitrogens with zero attached hydrogens (tertiary/aromatic N) is 1. The van der Waals surface area contributed by atoms with Crippen LogP contribution in [-0.4, -0.2) is 37.8 Å². The van der Waals surface area contributed by atoms with Crippen molar-refractivity contribution in [2.24, 2.45) is 0 Å². The number of para-hydroxylation sites is 1. The van der Waals surface area contributed by atoms with E-state index < -0.39 is 0 Å². The predicted octanol–water partition coefficient (Wildman–Crippen LogP) is 3.88. The van der Waals surface area contributed by atoms with Gasteiger partial charge in [0.1, 0.15) is 0 Å². The molecule has 0 aromatic heterocycles. The average molecular weight is 344 g/mol. The van der Waals surface area contributed by atoms with Crippen molar-refractivity contribution >= 4 is 23.0 Å². The molecule has 2 aromatic carbocycles. The number of nitrogens with one attached hydrogen (secondary N) is 1. The molecular weight excluding hydrogens is 320 g/mol. The van der Waals surface area contributed by atoms with Crippen LogP contribution in [0.5, 0.6) is 11.5 Å². The number of methoxy groups -OCH3 is 2. The molecule has 0 heterocycles. The van der Waals surface area contributed by atoms with Crippen molar-refractivity contribution in [1.29, 1.82) is 0 Å². The maximum Gasteiger partial charge on any atom is 0.173 e. The Morgan fingerprint density at radius 3 is 2.46 bits per heavy atom. The van der Waals surface area contributed by atoms with Crippen LogP contribution in [0.1, 0.15) is 11.1 Å². The molecule has 0 radical (unpaired) electrons. The zero-order valence-corrected chi connectivity index (χ0v) is 15.4. The molecule has 24 heavy (non-hydrogen) atoms. The first-order valence-corrected chi connectivity index (χ1v) is 8.24. The molecule has 0 aliphatic carbocycles. The fourth-order valence-corrected chi connectivity index (χ4v) is 2.56. The highest BCUT2D eigenvalue weighted by Crippen LogP contribution is 2.27. The molecule has 0 amide bonds. The first-order chi connectivity index (χ1) is 11.5. The minimum absolute atomic E-state index is 0.713. The summed E-state index contributed by atoms with van der Waals surface area (Å²) < 4.78 is 10.6. The van der Waals surface area contributed by atoms with Gasteiger partial charge < -0.3 is 19.7 Å². The smallest absolute Gasteiger partial charge is 0.173 e. The molecule has 0 aliphatic rings. The van der Waals surface area contributed by atoms with Crippen molar-refractivity contribution in [3.63, 3.8) is 0 Å². The van der Waals surface area contributed by atoms with Crippen LogP contribution < -0.4 is 14.8 Å². The molecule has 0 fully saturated rings. The summed E-state index contributed by atoms with van der Waals surface area (Å²) in [5.74, 6) is 1.49. The van der Waals surface area contributed by atoms with E-state index in [4.69, 9.17) is 21.7 Å². The summed E-state index contributed by atoms with van der Waals surface area (Å²) >= 11 is 5.49. The fourth-order valence-electron chi connectivity index (χ4n) is 2.36. The van der Waals surface area contributed by atoms with Crippen molar-refractivity contribution in [2.45, 2.75) is 13.3 Å². The summed E-state index contributed by atoms with van der Waals surface area (Å²) in [6, 6.07) is 14.1. The SMILES string of the molecule is COc1ccc(CCN(C)C(=S)Nc2ccccc2C)cc1OC. The lowest BCUT2D eigenvalue weighted by Crippen LogP contribution is -2.32. The van der Waals surface area contributed by atoms with Crippen LogP contribution in [-0.2, 0) is 6.42 Å². The molecule has 1 N–H and O–H groups in total. The van der Waals surface area contributed by atoms with Gasteiger partial charge in [-0.05, 0) is 54.9 Å². The van der Waals surface area contributed by atoms with E-state index in [9.17, 15) is 0 Å². The van der Waals surface area contributed by atoms with Gasteiger partial charge in [0, 0.05) is 19.3 Å². The molecule has 0 unspecified atom stereocenters. The van der Waals surface area contributed by atoms with Crippen molar-refractivity contribution in [3.8, 4) is 11.5 Å². The lowest BCUT2D eigenvalue weighted by Gasteiger charge is -2.22. The van der Waals surface area contributed by atoms with Crippen LogP contribution in [0.3, 0.4) is 0 Å². The summed E-state index contributed by atoms with van der Waals surface area (Å²) in [6.45, 7) is 2.88. The third-order valence-corrected chi connectivity index (χ3v) is 4.33. The molecule has 0 saturated heterocycles. The topological polar surface area (TPSA) is 33.7 Å². The number of rotatable bonds is 6. The van der Waals surface area contributed by atoms with E-state index in [0.29, 0.717) is 5.11 Å². The molecule has 128 valence electrons. The van der Waals surface area contributed by atoms with Crippen LogP contribution in [0.4, 0.5) is 5.69 Å². The van der Waals surface area contributed by atoms with Gasteiger partial charge in [-0.2, -0.15) is 0 Å².